The highest BCUT2D eigenvalue weighted by molar-refractivity contribution is 6.01. The number of nitrogens with zero attached hydrogens (tertiary/aromatic N) is 1. The van der Waals surface area contributed by atoms with Crippen molar-refractivity contribution in [3.05, 3.63) is 33.9 Å². The van der Waals surface area contributed by atoms with Crippen LogP contribution in [0, 0.1) is 10.1 Å². The molecule has 6 nitrogen and oxygen atoms in total. The number of rotatable bonds is 8. The van der Waals surface area contributed by atoms with Crippen molar-refractivity contribution in [3.63, 3.8) is 0 Å². The molecule has 2 N–H and O–H groups in total. The van der Waals surface area contributed by atoms with E-state index in [4.69, 9.17) is 0 Å². The van der Waals surface area contributed by atoms with Crippen molar-refractivity contribution >= 4 is 17.3 Å². The number of unbranched alkanes of at least 4 members (excludes halogenated alkanes) is 2. The normalized spacial score (nSPS) is 11.8. The lowest BCUT2D eigenvalue weighted by Gasteiger charge is -2.15. The fraction of sp³-hybridized carbons (Fsp3) is 0.533. The molecule has 0 fully saturated rings. The van der Waals surface area contributed by atoms with Crippen molar-refractivity contribution in [3.8, 4) is 0 Å². The quantitative estimate of drug-likeness (QED) is 0.437. The Balaban J connectivity index is 2.82. The number of carbonyl (C=O) groups is 1. The van der Waals surface area contributed by atoms with Gasteiger partial charge in [0.15, 0.2) is 0 Å². The predicted octanol–water partition coefficient (Wildman–Crippen LogP) is 3.34. The first kappa shape index (κ1) is 16.9. The number of benzene rings is 1. The molecule has 0 radical (unpaired) electrons. The maximum Gasteiger partial charge on any atom is 0.293 e. The van der Waals surface area contributed by atoms with Gasteiger partial charge in [-0.2, -0.15) is 0 Å². The van der Waals surface area contributed by atoms with Crippen LogP contribution >= 0.6 is 0 Å². The predicted molar refractivity (Wildman–Crippen MR) is 83.7 cm³/mol. The number of para-hydroxylation sites is 1. The van der Waals surface area contributed by atoms with E-state index in [1.807, 2.05) is 6.92 Å². The smallest absolute Gasteiger partial charge is 0.293 e. The van der Waals surface area contributed by atoms with Crippen molar-refractivity contribution in [2.45, 2.75) is 45.6 Å². The number of hydrogen-bond acceptors (Lipinski definition) is 4. The molecule has 1 aromatic carbocycles. The van der Waals surface area contributed by atoms with E-state index in [1.54, 1.807) is 13.1 Å². The van der Waals surface area contributed by atoms with E-state index >= 15 is 0 Å². The summed E-state index contributed by atoms with van der Waals surface area (Å²) in [6.07, 6.45) is 4.24. The van der Waals surface area contributed by atoms with E-state index in [1.165, 1.54) is 12.1 Å². The molecule has 0 aliphatic heterocycles. The average molecular weight is 293 g/mol. The zero-order valence-corrected chi connectivity index (χ0v) is 12.8. The van der Waals surface area contributed by atoms with Crippen molar-refractivity contribution in [1.82, 2.24) is 5.32 Å². The Hall–Kier alpha value is -2.11. The second kappa shape index (κ2) is 8.24. The van der Waals surface area contributed by atoms with E-state index in [0.29, 0.717) is 5.56 Å². The molecule has 1 unspecified atom stereocenters. The van der Waals surface area contributed by atoms with E-state index in [9.17, 15) is 14.9 Å². The van der Waals surface area contributed by atoms with Gasteiger partial charge >= 0.3 is 0 Å². The first-order chi connectivity index (χ1) is 10.0. The lowest BCUT2D eigenvalue weighted by molar-refractivity contribution is -0.384. The van der Waals surface area contributed by atoms with Crippen LogP contribution in [0.2, 0.25) is 0 Å². The minimum atomic E-state index is -0.493. The maximum absolute atomic E-state index is 12.3. The van der Waals surface area contributed by atoms with Crippen LogP contribution in [-0.2, 0) is 0 Å². The molecule has 116 valence electrons. The molecule has 6 heteroatoms. The fourth-order valence-corrected chi connectivity index (χ4v) is 2.22. The molecule has 0 aromatic heterocycles. The monoisotopic (exact) mass is 293 g/mol. The van der Waals surface area contributed by atoms with Crippen molar-refractivity contribution in [2.24, 2.45) is 0 Å². The van der Waals surface area contributed by atoms with Crippen LogP contribution in [0.4, 0.5) is 11.4 Å². The Morgan fingerprint density at radius 2 is 2.10 bits per heavy atom. The fourth-order valence-electron chi connectivity index (χ4n) is 2.22. The summed E-state index contributed by atoms with van der Waals surface area (Å²) in [6.45, 7) is 4.08. The van der Waals surface area contributed by atoms with Gasteiger partial charge < -0.3 is 10.6 Å². The zero-order valence-electron chi connectivity index (χ0n) is 12.8. The van der Waals surface area contributed by atoms with E-state index in [2.05, 4.69) is 17.6 Å². The highest BCUT2D eigenvalue weighted by Gasteiger charge is 2.21. The minimum absolute atomic E-state index is 0.0491. The van der Waals surface area contributed by atoms with Gasteiger partial charge in [-0.25, -0.2) is 0 Å². The molecule has 0 aliphatic rings. The van der Waals surface area contributed by atoms with E-state index < -0.39 is 4.92 Å². The summed E-state index contributed by atoms with van der Waals surface area (Å²) < 4.78 is 0. The Morgan fingerprint density at radius 1 is 1.38 bits per heavy atom. The molecule has 0 saturated heterocycles. The molecule has 1 aromatic rings. The van der Waals surface area contributed by atoms with Gasteiger partial charge in [0.25, 0.3) is 11.6 Å². The summed E-state index contributed by atoms with van der Waals surface area (Å²) in [7, 11) is 1.57. The van der Waals surface area contributed by atoms with Crippen LogP contribution in [0.3, 0.4) is 0 Å². The largest absolute Gasteiger partial charge is 0.382 e. The molecular formula is C15H23N3O3. The number of anilines is 1. The molecule has 1 atom stereocenters. The second-order valence-corrected chi connectivity index (χ2v) is 5.08. The van der Waals surface area contributed by atoms with Gasteiger partial charge in [0, 0.05) is 19.2 Å². The van der Waals surface area contributed by atoms with Crippen molar-refractivity contribution in [1.29, 1.82) is 0 Å². The van der Waals surface area contributed by atoms with Gasteiger partial charge in [0.1, 0.15) is 5.69 Å². The Bertz CT molecular complexity index is 503. The molecule has 1 amide bonds. The average Bonchev–Trinajstić information content (AvgIpc) is 2.46. The highest BCUT2D eigenvalue weighted by atomic mass is 16.6. The van der Waals surface area contributed by atoms with Gasteiger partial charge in [-0.05, 0) is 19.4 Å². The molecule has 0 bridgehead atoms. The number of nitro groups is 1. The van der Waals surface area contributed by atoms with E-state index in [-0.39, 0.29) is 23.3 Å². The third-order valence-corrected chi connectivity index (χ3v) is 3.35. The Labute approximate surface area is 125 Å². The standard InChI is InChI=1S/C15H23N3O3/c1-4-5-6-8-11(2)17-15(19)12-9-7-10-13(18(20)21)14(12)16-3/h7,9-11,16H,4-6,8H2,1-3H3,(H,17,19). The number of nitro benzene ring substituents is 1. The van der Waals surface area contributed by atoms with Crippen LogP contribution in [0.15, 0.2) is 18.2 Å². The number of amides is 1. The molecule has 0 heterocycles. The van der Waals surface area contributed by atoms with Gasteiger partial charge in [-0.1, -0.05) is 32.3 Å². The number of nitrogens with one attached hydrogen (secondary N) is 2. The third kappa shape index (κ3) is 4.73. The minimum Gasteiger partial charge on any atom is -0.382 e. The summed E-state index contributed by atoms with van der Waals surface area (Å²) in [5, 5.41) is 16.6. The summed E-state index contributed by atoms with van der Waals surface area (Å²) in [5.41, 5.74) is 0.457. The number of carbonyl (C=O) groups excluding carboxylic acids is 1. The molecular weight excluding hydrogens is 270 g/mol. The van der Waals surface area contributed by atoms with Crippen LogP contribution in [0.1, 0.15) is 49.9 Å². The summed E-state index contributed by atoms with van der Waals surface area (Å²) in [5.74, 6) is -0.285. The van der Waals surface area contributed by atoms with Gasteiger partial charge in [0.05, 0.1) is 10.5 Å². The van der Waals surface area contributed by atoms with Crippen LogP contribution < -0.4 is 10.6 Å². The summed E-state index contributed by atoms with van der Waals surface area (Å²) >= 11 is 0. The SMILES string of the molecule is CCCCCC(C)NC(=O)c1cccc([N+](=O)[O-])c1NC. The molecule has 0 saturated carbocycles. The molecule has 0 aliphatic carbocycles. The van der Waals surface area contributed by atoms with Crippen LogP contribution in [0.5, 0.6) is 0 Å². The van der Waals surface area contributed by atoms with E-state index in [0.717, 1.165) is 25.7 Å². The Kier molecular flexibility index (Phi) is 6.65. The van der Waals surface area contributed by atoms with Gasteiger partial charge in [0.2, 0.25) is 0 Å². The topological polar surface area (TPSA) is 84.3 Å². The van der Waals surface area contributed by atoms with Gasteiger partial charge in [-0.15, -0.1) is 0 Å². The second-order valence-electron chi connectivity index (χ2n) is 5.08. The molecule has 21 heavy (non-hydrogen) atoms. The van der Waals surface area contributed by atoms with Crippen molar-refractivity contribution in [2.75, 3.05) is 12.4 Å². The third-order valence-electron chi connectivity index (χ3n) is 3.35. The van der Waals surface area contributed by atoms with Crippen LogP contribution in [-0.4, -0.2) is 23.9 Å². The molecule has 0 spiro atoms. The Morgan fingerprint density at radius 3 is 2.67 bits per heavy atom. The number of hydrogen-bond donors (Lipinski definition) is 2. The highest BCUT2D eigenvalue weighted by Crippen LogP contribution is 2.27. The maximum atomic E-state index is 12.3. The van der Waals surface area contributed by atoms with Crippen molar-refractivity contribution < 1.29 is 9.72 Å². The summed E-state index contributed by atoms with van der Waals surface area (Å²) in [4.78, 5) is 22.8. The lowest BCUT2D eigenvalue weighted by Crippen LogP contribution is -2.33. The first-order valence-electron chi connectivity index (χ1n) is 7.27. The molecule has 1 rings (SSSR count). The lowest BCUT2D eigenvalue weighted by atomic mass is 10.1. The first-order valence-corrected chi connectivity index (χ1v) is 7.27. The zero-order chi connectivity index (χ0) is 15.8. The summed E-state index contributed by atoms with van der Waals surface area (Å²) in [6, 6.07) is 4.54. The van der Waals surface area contributed by atoms with Gasteiger partial charge in [-0.3, -0.25) is 14.9 Å². The van der Waals surface area contributed by atoms with Crippen LogP contribution in [0.25, 0.3) is 0 Å².